The predicted molar refractivity (Wildman–Crippen MR) is 74.2 cm³/mol. The van der Waals surface area contributed by atoms with Crippen molar-refractivity contribution < 1.29 is 4.39 Å². The van der Waals surface area contributed by atoms with Gasteiger partial charge in [-0.3, -0.25) is 4.99 Å². The molecule has 0 amide bonds. The zero-order valence-corrected chi connectivity index (χ0v) is 10.9. The van der Waals surface area contributed by atoms with E-state index in [1.807, 2.05) is 19.9 Å². The first kappa shape index (κ1) is 12.8. The third-order valence-electron chi connectivity index (χ3n) is 2.69. The fourth-order valence-electron chi connectivity index (χ4n) is 1.74. The van der Waals surface area contributed by atoms with E-state index >= 15 is 0 Å². The molecule has 1 N–H and O–H groups in total. The molecule has 1 unspecified atom stereocenters. The number of hydrogen-bond donors (Lipinski definition) is 1. The highest BCUT2D eigenvalue weighted by molar-refractivity contribution is 6.31. The maximum Gasteiger partial charge on any atom is 0.141 e. The smallest absolute Gasteiger partial charge is 0.141 e. The van der Waals surface area contributed by atoms with Gasteiger partial charge in [-0.05, 0) is 32.0 Å². The van der Waals surface area contributed by atoms with Gasteiger partial charge in [0.25, 0.3) is 0 Å². The minimum atomic E-state index is -0.436. The lowest BCUT2D eigenvalue weighted by molar-refractivity contribution is 0.628. The van der Waals surface area contributed by atoms with Crippen molar-refractivity contribution in [3.8, 4) is 0 Å². The molecule has 0 radical (unpaired) electrons. The first-order chi connectivity index (χ1) is 8.61. The summed E-state index contributed by atoms with van der Waals surface area (Å²) >= 11 is 5.73. The predicted octanol–water partition coefficient (Wildman–Crippen LogP) is 3.67. The van der Waals surface area contributed by atoms with Crippen molar-refractivity contribution in [3.05, 3.63) is 40.7 Å². The molecule has 0 fully saturated rings. The zero-order valence-electron chi connectivity index (χ0n) is 10.1. The van der Waals surface area contributed by atoms with Crippen LogP contribution < -0.4 is 5.32 Å². The second-order valence-corrected chi connectivity index (χ2v) is 4.32. The van der Waals surface area contributed by atoms with E-state index < -0.39 is 5.82 Å². The molecular weight excluding hydrogens is 253 g/mol. The van der Waals surface area contributed by atoms with Crippen LogP contribution in [0.5, 0.6) is 0 Å². The van der Waals surface area contributed by atoms with Gasteiger partial charge < -0.3 is 5.32 Å². The lowest BCUT2D eigenvalue weighted by Crippen LogP contribution is -2.24. The topological polar surface area (TPSA) is 36.8 Å². The molecule has 1 aromatic rings. The molecule has 0 bridgehead atoms. The first-order valence-corrected chi connectivity index (χ1v) is 5.97. The second-order valence-electron chi connectivity index (χ2n) is 3.92. The van der Waals surface area contributed by atoms with Crippen molar-refractivity contribution in [2.45, 2.75) is 19.9 Å². The molecule has 1 aromatic carbocycles. The number of nitrogens with zero attached hydrogens (tertiary/aromatic N) is 2. The molecule has 3 nitrogen and oxygen atoms in total. The van der Waals surface area contributed by atoms with Crippen LogP contribution in [0.1, 0.15) is 13.8 Å². The highest BCUT2D eigenvalue weighted by Crippen LogP contribution is 2.21. The molecule has 1 aliphatic heterocycles. The highest BCUT2D eigenvalue weighted by Gasteiger charge is 2.16. The van der Waals surface area contributed by atoms with Gasteiger partial charge in [0.2, 0.25) is 0 Å². The van der Waals surface area contributed by atoms with Crippen LogP contribution in [0.3, 0.4) is 0 Å². The number of amidine groups is 1. The number of aliphatic imine (C=N–C) groups is 2. The van der Waals surface area contributed by atoms with E-state index in [0.717, 1.165) is 5.57 Å². The third-order valence-corrected chi connectivity index (χ3v) is 2.98. The molecule has 0 saturated heterocycles. The molecule has 5 heteroatoms. The molecule has 0 spiro atoms. The Kier molecular flexibility index (Phi) is 3.77. The zero-order chi connectivity index (χ0) is 13.1. The van der Waals surface area contributed by atoms with Crippen LogP contribution in [-0.2, 0) is 0 Å². The van der Waals surface area contributed by atoms with Gasteiger partial charge in [0, 0.05) is 11.3 Å². The molecule has 1 aliphatic rings. The molecule has 1 atom stereocenters. The average Bonchev–Trinajstić information content (AvgIpc) is 2.34. The highest BCUT2D eigenvalue weighted by atomic mass is 35.5. The number of nitrogens with one attached hydrogen (secondary N) is 1. The van der Waals surface area contributed by atoms with Gasteiger partial charge >= 0.3 is 0 Å². The Hall–Kier alpha value is -1.68. The van der Waals surface area contributed by atoms with E-state index in [1.165, 1.54) is 18.5 Å². The maximum atomic E-state index is 13.1. The third kappa shape index (κ3) is 2.59. The normalized spacial score (nSPS) is 21.0. The lowest BCUT2D eigenvalue weighted by Gasteiger charge is -2.18. The minimum absolute atomic E-state index is 0.0610. The van der Waals surface area contributed by atoms with E-state index in [0.29, 0.717) is 11.5 Å². The Morgan fingerprint density at radius 1 is 1.44 bits per heavy atom. The van der Waals surface area contributed by atoms with E-state index in [9.17, 15) is 4.39 Å². The van der Waals surface area contributed by atoms with Gasteiger partial charge in [-0.1, -0.05) is 17.7 Å². The summed E-state index contributed by atoms with van der Waals surface area (Å²) < 4.78 is 13.1. The molecular formula is C13H13ClFN3. The summed E-state index contributed by atoms with van der Waals surface area (Å²) in [6, 6.07) is 4.53. The van der Waals surface area contributed by atoms with Crippen LogP contribution in [0.4, 0.5) is 10.1 Å². The van der Waals surface area contributed by atoms with Gasteiger partial charge in [-0.15, -0.1) is 0 Å². The molecule has 1 heterocycles. The van der Waals surface area contributed by atoms with Crippen molar-refractivity contribution in [2.24, 2.45) is 9.98 Å². The first-order valence-electron chi connectivity index (χ1n) is 5.60. The van der Waals surface area contributed by atoms with Crippen LogP contribution in [0, 0.1) is 5.82 Å². The molecule has 0 aliphatic carbocycles. The fraction of sp³-hybridized carbons (Fsp3) is 0.231. The summed E-state index contributed by atoms with van der Waals surface area (Å²) in [4.78, 5) is 8.39. The lowest BCUT2D eigenvalue weighted by atomic mass is 10.1. The average molecular weight is 266 g/mol. The van der Waals surface area contributed by atoms with Gasteiger partial charge in [0.1, 0.15) is 18.0 Å². The summed E-state index contributed by atoms with van der Waals surface area (Å²) in [5.74, 6) is 0.275. The van der Waals surface area contributed by atoms with Crippen molar-refractivity contribution in [1.82, 2.24) is 0 Å². The van der Waals surface area contributed by atoms with Gasteiger partial charge in [0.15, 0.2) is 0 Å². The molecule has 2 rings (SSSR count). The molecule has 94 valence electrons. The fourth-order valence-corrected chi connectivity index (χ4v) is 1.92. The van der Waals surface area contributed by atoms with E-state index in [1.54, 1.807) is 6.07 Å². The summed E-state index contributed by atoms with van der Waals surface area (Å²) in [6.07, 6.45) is 3.48. The summed E-state index contributed by atoms with van der Waals surface area (Å²) in [5.41, 5.74) is 1.69. The van der Waals surface area contributed by atoms with Gasteiger partial charge in [-0.2, -0.15) is 0 Å². The van der Waals surface area contributed by atoms with Crippen LogP contribution >= 0.6 is 11.6 Å². The Morgan fingerprint density at radius 3 is 2.89 bits per heavy atom. The Bertz CT molecular complexity index is 549. The van der Waals surface area contributed by atoms with Crippen LogP contribution in [-0.4, -0.2) is 18.2 Å². The largest absolute Gasteiger partial charge is 0.340 e. The monoisotopic (exact) mass is 265 g/mol. The summed E-state index contributed by atoms with van der Waals surface area (Å²) in [6.45, 7) is 3.92. The number of benzene rings is 1. The van der Waals surface area contributed by atoms with E-state index in [-0.39, 0.29) is 11.1 Å². The summed E-state index contributed by atoms with van der Waals surface area (Å²) in [5, 5.41) is 3.20. The van der Waals surface area contributed by atoms with Crippen LogP contribution in [0.2, 0.25) is 5.02 Å². The molecule has 0 aromatic heterocycles. The van der Waals surface area contributed by atoms with Gasteiger partial charge in [-0.25, -0.2) is 9.38 Å². The number of anilines is 1. The molecule has 18 heavy (non-hydrogen) atoms. The van der Waals surface area contributed by atoms with Crippen LogP contribution in [0.25, 0.3) is 0 Å². The maximum absolute atomic E-state index is 13.1. The van der Waals surface area contributed by atoms with Crippen molar-refractivity contribution in [2.75, 3.05) is 5.32 Å². The van der Waals surface area contributed by atoms with Crippen LogP contribution in [0.15, 0.2) is 39.8 Å². The standard InChI is InChI=1S/C13H13ClFN3/c1-3-10-8(2)16-7-17-13(10)18-9-4-5-12(15)11(14)6-9/h3-8H,1-2H3,(H,16,17,18). The number of halogens is 2. The van der Waals surface area contributed by atoms with E-state index in [2.05, 4.69) is 15.3 Å². The molecule has 0 saturated carbocycles. The van der Waals surface area contributed by atoms with Crippen molar-refractivity contribution >= 4 is 29.5 Å². The quantitative estimate of drug-likeness (QED) is 0.826. The SMILES string of the molecule is CC=C1C(Nc2ccc(F)c(Cl)c2)=NC=NC1C. The Balaban J connectivity index is 2.25. The second kappa shape index (κ2) is 5.31. The van der Waals surface area contributed by atoms with E-state index in [4.69, 9.17) is 11.6 Å². The number of allylic oxidation sites excluding steroid dienone is 1. The number of hydrogen-bond acceptors (Lipinski definition) is 3. The van der Waals surface area contributed by atoms with Gasteiger partial charge in [0.05, 0.1) is 11.1 Å². The Labute approximate surface area is 110 Å². The minimum Gasteiger partial charge on any atom is -0.340 e. The van der Waals surface area contributed by atoms with Crippen molar-refractivity contribution in [1.29, 1.82) is 0 Å². The van der Waals surface area contributed by atoms with Crippen molar-refractivity contribution in [3.63, 3.8) is 0 Å². The Morgan fingerprint density at radius 2 is 2.22 bits per heavy atom. The number of rotatable bonds is 1. The summed E-state index contributed by atoms with van der Waals surface area (Å²) in [7, 11) is 0.